The summed E-state index contributed by atoms with van der Waals surface area (Å²) in [5.41, 5.74) is 1.68. The Morgan fingerprint density at radius 2 is 2.21 bits per heavy atom. The van der Waals surface area contributed by atoms with Gasteiger partial charge in [-0.3, -0.25) is 4.79 Å². The van der Waals surface area contributed by atoms with E-state index in [1.165, 1.54) is 0 Å². The summed E-state index contributed by atoms with van der Waals surface area (Å²) in [6, 6.07) is 5.61. The first-order valence-electron chi connectivity index (χ1n) is 6.79. The van der Waals surface area contributed by atoms with E-state index >= 15 is 0 Å². The summed E-state index contributed by atoms with van der Waals surface area (Å²) in [5.74, 6) is 0.839. The second-order valence-corrected chi connectivity index (χ2v) is 4.78. The van der Waals surface area contributed by atoms with Crippen LogP contribution in [0, 0.1) is 0 Å². The summed E-state index contributed by atoms with van der Waals surface area (Å²) in [5, 5.41) is 2.89. The summed E-state index contributed by atoms with van der Waals surface area (Å²) in [6.45, 7) is 9.81. The Balaban J connectivity index is 2.76. The molecule has 0 bridgehead atoms. The van der Waals surface area contributed by atoms with Gasteiger partial charge in [-0.05, 0) is 38.5 Å². The van der Waals surface area contributed by atoms with E-state index in [4.69, 9.17) is 4.74 Å². The van der Waals surface area contributed by atoms with E-state index in [1.807, 2.05) is 32.0 Å². The molecule has 0 aliphatic rings. The molecule has 3 heteroatoms. The molecule has 0 saturated carbocycles. The van der Waals surface area contributed by atoms with Crippen molar-refractivity contribution < 1.29 is 9.53 Å². The Hall–Kier alpha value is -1.77. The fraction of sp³-hybridized carbons (Fsp3) is 0.438. The van der Waals surface area contributed by atoms with E-state index in [0.717, 1.165) is 29.8 Å². The quantitative estimate of drug-likeness (QED) is 0.797. The zero-order valence-electron chi connectivity index (χ0n) is 12.0. The molecule has 0 radical (unpaired) electrons. The van der Waals surface area contributed by atoms with E-state index in [0.29, 0.717) is 6.42 Å². The second-order valence-electron chi connectivity index (χ2n) is 4.78. The molecule has 1 aromatic carbocycles. The van der Waals surface area contributed by atoms with Crippen molar-refractivity contribution in [3.05, 3.63) is 30.3 Å². The van der Waals surface area contributed by atoms with Gasteiger partial charge in [0.25, 0.3) is 0 Å². The predicted octanol–water partition coefficient (Wildman–Crippen LogP) is 4.25. The highest BCUT2D eigenvalue weighted by atomic mass is 16.5. The summed E-state index contributed by atoms with van der Waals surface area (Å²) in [7, 11) is 0. The minimum atomic E-state index is 0.0504. The van der Waals surface area contributed by atoms with Gasteiger partial charge in [-0.2, -0.15) is 0 Å². The monoisotopic (exact) mass is 261 g/mol. The van der Waals surface area contributed by atoms with E-state index < -0.39 is 0 Å². The zero-order chi connectivity index (χ0) is 14.3. The second kappa shape index (κ2) is 7.62. The maximum Gasteiger partial charge on any atom is 0.224 e. The summed E-state index contributed by atoms with van der Waals surface area (Å²) < 4.78 is 5.68. The number of anilines is 1. The Morgan fingerprint density at radius 3 is 2.79 bits per heavy atom. The van der Waals surface area contributed by atoms with Gasteiger partial charge < -0.3 is 10.1 Å². The van der Waals surface area contributed by atoms with Crippen LogP contribution in [-0.4, -0.2) is 12.0 Å². The standard InChI is InChI=1S/C16H23NO2/c1-5-7-8-16(18)17-14-9-10-15(19-12(3)4)13(6-2)11-14/h6,9-12H,2,5,7-8H2,1,3-4H3,(H,17,18). The van der Waals surface area contributed by atoms with Crippen molar-refractivity contribution >= 4 is 17.7 Å². The van der Waals surface area contributed by atoms with Gasteiger partial charge >= 0.3 is 0 Å². The number of amides is 1. The van der Waals surface area contributed by atoms with Crippen LogP contribution in [0.25, 0.3) is 6.08 Å². The highest BCUT2D eigenvalue weighted by Gasteiger charge is 2.06. The van der Waals surface area contributed by atoms with Crippen molar-refractivity contribution in [3.8, 4) is 5.75 Å². The predicted molar refractivity (Wildman–Crippen MR) is 80.5 cm³/mol. The largest absolute Gasteiger partial charge is 0.490 e. The van der Waals surface area contributed by atoms with E-state index in [2.05, 4.69) is 18.8 Å². The van der Waals surface area contributed by atoms with Crippen molar-refractivity contribution in [2.24, 2.45) is 0 Å². The number of rotatable bonds is 7. The highest BCUT2D eigenvalue weighted by Crippen LogP contribution is 2.25. The zero-order valence-corrected chi connectivity index (χ0v) is 12.0. The maximum atomic E-state index is 11.7. The SMILES string of the molecule is C=Cc1cc(NC(=O)CCCC)ccc1OC(C)C. The Kier molecular flexibility index (Phi) is 6.13. The third-order valence-corrected chi connectivity index (χ3v) is 2.63. The van der Waals surface area contributed by atoms with Crippen molar-refractivity contribution in [2.75, 3.05) is 5.32 Å². The molecule has 0 atom stereocenters. The lowest BCUT2D eigenvalue weighted by atomic mass is 10.1. The number of ether oxygens (including phenoxy) is 1. The number of unbranched alkanes of at least 4 members (excludes halogenated alkanes) is 1. The Morgan fingerprint density at radius 1 is 1.47 bits per heavy atom. The highest BCUT2D eigenvalue weighted by molar-refractivity contribution is 5.91. The van der Waals surface area contributed by atoms with Crippen molar-refractivity contribution in [3.63, 3.8) is 0 Å². The molecule has 1 rings (SSSR count). The lowest BCUT2D eigenvalue weighted by Crippen LogP contribution is -2.11. The molecule has 19 heavy (non-hydrogen) atoms. The normalized spacial score (nSPS) is 10.3. The number of nitrogens with one attached hydrogen (secondary N) is 1. The molecule has 1 aromatic rings. The van der Waals surface area contributed by atoms with E-state index in [-0.39, 0.29) is 12.0 Å². The number of carbonyl (C=O) groups is 1. The molecule has 104 valence electrons. The molecule has 1 amide bonds. The maximum absolute atomic E-state index is 11.7. The topological polar surface area (TPSA) is 38.3 Å². The smallest absolute Gasteiger partial charge is 0.224 e. The van der Waals surface area contributed by atoms with Crippen LogP contribution in [0.4, 0.5) is 5.69 Å². The molecule has 0 saturated heterocycles. The van der Waals surface area contributed by atoms with Crippen molar-refractivity contribution in [1.29, 1.82) is 0 Å². The first-order valence-corrected chi connectivity index (χ1v) is 6.79. The van der Waals surface area contributed by atoms with Crippen LogP contribution in [0.5, 0.6) is 5.75 Å². The van der Waals surface area contributed by atoms with Crippen molar-refractivity contribution in [2.45, 2.75) is 46.1 Å². The molecular formula is C16H23NO2. The first kappa shape index (κ1) is 15.3. The molecule has 0 aromatic heterocycles. The lowest BCUT2D eigenvalue weighted by Gasteiger charge is -2.14. The minimum absolute atomic E-state index is 0.0504. The molecule has 0 unspecified atom stereocenters. The van der Waals surface area contributed by atoms with Gasteiger partial charge in [0, 0.05) is 17.7 Å². The van der Waals surface area contributed by atoms with Crippen LogP contribution in [-0.2, 0) is 4.79 Å². The summed E-state index contributed by atoms with van der Waals surface area (Å²) in [6.07, 6.45) is 4.34. The molecular weight excluding hydrogens is 238 g/mol. The van der Waals surface area contributed by atoms with Crippen LogP contribution >= 0.6 is 0 Å². The van der Waals surface area contributed by atoms with Crippen LogP contribution in [0.15, 0.2) is 24.8 Å². The van der Waals surface area contributed by atoms with Gasteiger partial charge in [0.2, 0.25) is 5.91 Å². The van der Waals surface area contributed by atoms with Gasteiger partial charge in [-0.25, -0.2) is 0 Å². The molecule has 0 heterocycles. The Bertz CT molecular complexity index is 438. The number of carbonyl (C=O) groups excluding carboxylic acids is 1. The average molecular weight is 261 g/mol. The van der Waals surface area contributed by atoms with Gasteiger partial charge in [-0.1, -0.05) is 26.0 Å². The number of hydrogen-bond donors (Lipinski definition) is 1. The molecule has 0 fully saturated rings. The summed E-state index contributed by atoms with van der Waals surface area (Å²) in [4.78, 5) is 11.7. The first-order chi connectivity index (χ1) is 9.06. The van der Waals surface area contributed by atoms with Gasteiger partial charge in [0.15, 0.2) is 0 Å². The molecule has 0 aliphatic heterocycles. The number of hydrogen-bond acceptors (Lipinski definition) is 2. The summed E-state index contributed by atoms with van der Waals surface area (Å²) >= 11 is 0. The fourth-order valence-corrected chi connectivity index (χ4v) is 1.71. The van der Waals surface area contributed by atoms with Crippen LogP contribution in [0.2, 0.25) is 0 Å². The number of benzene rings is 1. The molecule has 0 spiro atoms. The average Bonchev–Trinajstić information content (AvgIpc) is 2.37. The third-order valence-electron chi connectivity index (χ3n) is 2.63. The Labute approximate surface area is 115 Å². The van der Waals surface area contributed by atoms with Crippen LogP contribution in [0.1, 0.15) is 45.6 Å². The minimum Gasteiger partial charge on any atom is -0.490 e. The molecule has 1 N–H and O–H groups in total. The van der Waals surface area contributed by atoms with Crippen LogP contribution in [0.3, 0.4) is 0 Å². The third kappa shape index (κ3) is 5.16. The van der Waals surface area contributed by atoms with Gasteiger partial charge in [0.1, 0.15) is 5.75 Å². The molecule has 3 nitrogen and oxygen atoms in total. The van der Waals surface area contributed by atoms with E-state index in [1.54, 1.807) is 6.08 Å². The fourth-order valence-electron chi connectivity index (χ4n) is 1.71. The van der Waals surface area contributed by atoms with Gasteiger partial charge in [0.05, 0.1) is 6.10 Å². The van der Waals surface area contributed by atoms with Gasteiger partial charge in [-0.15, -0.1) is 0 Å². The van der Waals surface area contributed by atoms with Crippen LogP contribution < -0.4 is 10.1 Å². The molecule has 0 aliphatic carbocycles. The van der Waals surface area contributed by atoms with Crippen molar-refractivity contribution in [1.82, 2.24) is 0 Å². The van der Waals surface area contributed by atoms with E-state index in [9.17, 15) is 4.79 Å². The lowest BCUT2D eigenvalue weighted by molar-refractivity contribution is -0.116.